The maximum absolute atomic E-state index is 14.0. The fourth-order valence-corrected chi connectivity index (χ4v) is 5.59. The number of rotatable bonds is 2. The minimum absolute atomic E-state index is 0.00252. The zero-order valence-electron chi connectivity index (χ0n) is 21.0. The van der Waals surface area contributed by atoms with Gasteiger partial charge in [-0.15, -0.1) is 0 Å². The smallest absolute Gasteiger partial charge is 0.323 e. The maximum atomic E-state index is 14.0. The normalized spacial score (nSPS) is 20.4. The van der Waals surface area contributed by atoms with Gasteiger partial charge in [0.15, 0.2) is 11.3 Å². The second kappa shape index (κ2) is 8.08. The van der Waals surface area contributed by atoms with Gasteiger partial charge in [-0.1, -0.05) is 12.1 Å². The number of ketones is 1. The Bertz CT molecular complexity index is 2050. The molecule has 0 bridgehead atoms. The summed E-state index contributed by atoms with van der Waals surface area (Å²) in [4.78, 5) is 27.4. The van der Waals surface area contributed by atoms with E-state index in [0.717, 1.165) is 18.2 Å². The van der Waals surface area contributed by atoms with Gasteiger partial charge in [-0.05, 0) is 36.4 Å². The number of aromatic hydroxyl groups is 6. The Balaban J connectivity index is 1.65. The van der Waals surface area contributed by atoms with Crippen LogP contribution in [-0.4, -0.2) is 47.3 Å². The minimum atomic E-state index is -3.00. The summed E-state index contributed by atoms with van der Waals surface area (Å²) < 4.78 is 18.1. The second-order valence-electron chi connectivity index (χ2n) is 9.87. The van der Waals surface area contributed by atoms with E-state index >= 15 is 0 Å². The van der Waals surface area contributed by atoms with Crippen LogP contribution in [0.15, 0.2) is 75.9 Å². The van der Waals surface area contributed by atoms with Gasteiger partial charge in [-0.2, -0.15) is 0 Å². The summed E-state index contributed by atoms with van der Waals surface area (Å²) in [7, 11) is 0. The summed E-state index contributed by atoms with van der Waals surface area (Å²) >= 11 is 0. The van der Waals surface area contributed by atoms with Crippen LogP contribution in [0.4, 0.5) is 0 Å². The van der Waals surface area contributed by atoms with E-state index in [9.17, 15) is 45.3 Å². The van der Waals surface area contributed by atoms with Gasteiger partial charge in [0.1, 0.15) is 51.2 Å². The molecule has 0 saturated carbocycles. The Morgan fingerprint density at radius 2 is 1.31 bits per heavy atom. The lowest BCUT2D eigenvalue weighted by Gasteiger charge is -2.43. The molecule has 5 aromatic rings. The Kier molecular flexibility index (Phi) is 4.83. The van der Waals surface area contributed by atoms with Crippen LogP contribution in [0, 0.1) is 0 Å². The monoisotopic (exact) mass is 570 g/mol. The van der Waals surface area contributed by atoms with Gasteiger partial charge >= 0.3 is 5.79 Å². The Morgan fingerprint density at radius 1 is 0.667 bits per heavy atom. The van der Waals surface area contributed by atoms with E-state index < -0.39 is 62.1 Å². The van der Waals surface area contributed by atoms with Crippen molar-refractivity contribution in [1.29, 1.82) is 0 Å². The van der Waals surface area contributed by atoms with Gasteiger partial charge in [0, 0.05) is 29.3 Å². The lowest BCUT2D eigenvalue weighted by Crippen LogP contribution is -2.63. The van der Waals surface area contributed by atoms with Crippen molar-refractivity contribution in [1.82, 2.24) is 0 Å². The molecule has 2 atom stereocenters. The predicted molar refractivity (Wildman–Crippen MR) is 142 cm³/mol. The van der Waals surface area contributed by atoms with Crippen molar-refractivity contribution in [3.05, 3.63) is 93.6 Å². The van der Waals surface area contributed by atoms with Crippen molar-refractivity contribution in [2.24, 2.45) is 0 Å². The van der Waals surface area contributed by atoms with Crippen LogP contribution in [-0.2, 0) is 5.60 Å². The molecule has 1 aromatic heterocycles. The SMILES string of the molecule is O=C1c2c(O)cc(O)cc2OC2(c3ccc(O)cc3)c3c(cc(O)c4c(=O)c(O)c(-c5ccc(O)cc5)oc34)OC12O. The fraction of sp³-hybridized carbons (Fsp3) is 0.0667. The van der Waals surface area contributed by atoms with Gasteiger partial charge < -0.3 is 49.6 Å². The van der Waals surface area contributed by atoms with Crippen molar-refractivity contribution in [3.8, 4) is 57.3 Å². The molecule has 7 rings (SSSR count). The van der Waals surface area contributed by atoms with Crippen LogP contribution in [0.1, 0.15) is 21.5 Å². The first-order chi connectivity index (χ1) is 20.0. The lowest BCUT2D eigenvalue weighted by atomic mass is 9.74. The standard InChI is InChI=1S/C30H18O12/c31-14-5-1-12(2-6-14)26-25(37)24(36)22-18(35)11-20-23(27(22)40-26)29(13-3-7-15(32)8-4-13)30(39,42-20)28(38)21-17(34)9-16(33)10-19(21)41-29/h1-11,31-35,37,39H. The molecule has 0 spiro atoms. The quantitative estimate of drug-likeness (QED) is 0.163. The highest BCUT2D eigenvalue weighted by molar-refractivity contribution is 6.10. The van der Waals surface area contributed by atoms with Crippen LogP contribution in [0.25, 0.3) is 22.3 Å². The molecule has 3 heterocycles. The molecule has 210 valence electrons. The van der Waals surface area contributed by atoms with E-state index in [4.69, 9.17) is 13.9 Å². The van der Waals surface area contributed by atoms with Gasteiger partial charge in [-0.3, -0.25) is 9.59 Å². The van der Waals surface area contributed by atoms with E-state index in [0.29, 0.717) is 0 Å². The predicted octanol–water partition coefficient (Wildman–Crippen LogP) is 3.29. The molecule has 4 aromatic carbocycles. The summed E-state index contributed by atoms with van der Waals surface area (Å²) in [6.07, 6.45) is 0. The van der Waals surface area contributed by atoms with Crippen LogP contribution in [0.3, 0.4) is 0 Å². The fourth-order valence-electron chi connectivity index (χ4n) is 5.59. The molecule has 0 amide bonds. The van der Waals surface area contributed by atoms with Crippen molar-refractivity contribution in [2.75, 3.05) is 0 Å². The molecule has 0 fully saturated rings. The number of Topliss-reactive ketones (excluding diaryl/α,β-unsaturated/α-hetero) is 1. The molecule has 7 N–H and O–H groups in total. The number of phenols is 5. The lowest BCUT2D eigenvalue weighted by molar-refractivity contribution is -0.185. The van der Waals surface area contributed by atoms with Gasteiger partial charge in [0.2, 0.25) is 22.6 Å². The summed E-state index contributed by atoms with van der Waals surface area (Å²) in [5, 5.41) is 73.6. The van der Waals surface area contributed by atoms with E-state index in [1.807, 2.05) is 0 Å². The highest BCUT2D eigenvalue weighted by Gasteiger charge is 2.72. The largest absolute Gasteiger partial charge is 0.508 e. The highest BCUT2D eigenvalue weighted by Crippen LogP contribution is 2.61. The number of fused-ring (bicyclic) bond motifs is 6. The average molecular weight is 570 g/mol. The Morgan fingerprint density at radius 3 is 1.98 bits per heavy atom. The molecular formula is C30H18O12. The topological polar surface area (TPSA) is 207 Å². The molecule has 0 radical (unpaired) electrons. The molecular weight excluding hydrogens is 552 g/mol. The van der Waals surface area contributed by atoms with Gasteiger partial charge in [0.25, 0.3) is 0 Å². The van der Waals surface area contributed by atoms with E-state index in [1.165, 1.54) is 48.5 Å². The summed E-state index contributed by atoms with van der Waals surface area (Å²) in [6.45, 7) is 0. The number of carbonyl (C=O) groups is 1. The van der Waals surface area contributed by atoms with E-state index in [2.05, 4.69) is 0 Å². The number of aliphatic hydroxyl groups is 1. The number of carbonyl (C=O) groups excluding carboxylic acids is 1. The Hall–Kier alpha value is -5.88. The second-order valence-corrected chi connectivity index (χ2v) is 9.87. The highest BCUT2D eigenvalue weighted by atomic mass is 16.7. The van der Waals surface area contributed by atoms with Crippen LogP contribution in [0.5, 0.6) is 46.0 Å². The molecule has 2 aliphatic rings. The third-order valence-electron chi connectivity index (χ3n) is 7.44. The molecule has 2 unspecified atom stereocenters. The first kappa shape index (κ1) is 25.1. The number of hydrogen-bond acceptors (Lipinski definition) is 12. The van der Waals surface area contributed by atoms with Gasteiger partial charge in [0.05, 0.1) is 5.56 Å². The molecule has 12 nitrogen and oxygen atoms in total. The van der Waals surface area contributed by atoms with Crippen LogP contribution < -0.4 is 14.9 Å². The van der Waals surface area contributed by atoms with Crippen molar-refractivity contribution < 1.29 is 54.4 Å². The van der Waals surface area contributed by atoms with Crippen molar-refractivity contribution in [3.63, 3.8) is 0 Å². The first-order valence-corrected chi connectivity index (χ1v) is 12.3. The minimum Gasteiger partial charge on any atom is -0.508 e. The van der Waals surface area contributed by atoms with Crippen LogP contribution >= 0.6 is 0 Å². The first-order valence-electron chi connectivity index (χ1n) is 12.3. The maximum Gasteiger partial charge on any atom is 0.323 e. The van der Waals surface area contributed by atoms with E-state index in [1.54, 1.807) is 0 Å². The molecule has 0 saturated heterocycles. The Labute approximate surface area is 233 Å². The number of benzene rings is 4. The summed E-state index contributed by atoms with van der Waals surface area (Å²) in [6, 6.07) is 13.2. The third kappa shape index (κ3) is 3.03. The van der Waals surface area contributed by atoms with Gasteiger partial charge in [-0.25, -0.2) is 0 Å². The number of hydrogen-bond donors (Lipinski definition) is 7. The van der Waals surface area contributed by atoms with Crippen molar-refractivity contribution in [2.45, 2.75) is 11.4 Å². The van der Waals surface area contributed by atoms with E-state index in [-0.39, 0.29) is 45.4 Å². The average Bonchev–Trinajstić information content (AvgIpc) is 3.20. The molecule has 0 aliphatic carbocycles. The van der Waals surface area contributed by atoms with Crippen molar-refractivity contribution >= 4 is 16.8 Å². The zero-order valence-corrected chi connectivity index (χ0v) is 21.0. The van der Waals surface area contributed by atoms with Crippen LogP contribution in [0.2, 0.25) is 0 Å². The summed E-state index contributed by atoms with van der Waals surface area (Å²) in [5.74, 6) is -8.39. The number of phenolic OH excluding ortho intramolecular Hbond substituents is 5. The molecule has 2 aliphatic heterocycles. The third-order valence-corrected chi connectivity index (χ3v) is 7.44. The molecule has 12 heteroatoms. The molecule has 42 heavy (non-hydrogen) atoms. The summed E-state index contributed by atoms with van der Waals surface area (Å²) in [5.41, 5.74) is -4.58. The zero-order chi connectivity index (χ0) is 29.7. The number of ether oxygens (including phenoxy) is 2.